The van der Waals surface area contributed by atoms with Gasteiger partial charge in [0.25, 0.3) is 0 Å². The number of hydrogen-bond acceptors (Lipinski definition) is 3. The van der Waals surface area contributed by atoms with E-state index in [0.29, 0.717) is 12.0 Å². The van der Waals surface area contributed by atoms with E-state index in [-0.39, 0.29) is 5.41 Å². The average molecular weight is 223 g/mol. The van der Waals surface area contributed by atoms with Gasteiger partial charge in [0.2, 0.25) is 0 Å². The van der Waals surface area contributed by atoms with Crippen LogP contribution in [0.25, 0.3) is 0 Å². The Hall–Kier alpha value is -0.590. The van der Waals surface area contributed by atoms with Gasteiger partial charge >= 0.3 is 0 Å². The largest absolute Gasteiger partial charge is 0.326 e. The normalized spacial score (nSPS) is 26.9. The molecule has 2 atom stereocenters. The van der Waals surface area contributed by atoms with Crippen LogP contribution in [0.5, 0.6) is 0 Å². The van der Waals surface area contributed by atoms with Gasteiger partial charge in [0, 0.05) is 19.1 Å². The maximum atomic E-state index is 8.90. The zero-order valence-corrected chi connectivity index (χ0v) is 10.9. The first kappa shape index (κ1) is 13.5. The van der Waals surface area contributed by atoms with Crippen molar-refractivity contribution in [1.29, 1.82) is 5.26 Å². The highest BCUT2D eigenvalue weighted by molar-refractivity contribution is 4.91. The molecule has 2 unspecified atom stereocenters. The van der Waals surface area contributed by atoms with Crippen molar-refractivity contribution in [1.82, 2.24) is 4.90 Å². The maximum absolute atomic E-state index is 8.90. The van der Waals surface area contributed by atoms with Crippen LogP contribution in [0.15, 0.2) is 0 Å². The summed E-state index contributed by atoms with van der Waals surface area (Å²) in [6, 6.07) is 2.71. The third-order valence-electron chi connectivity index (χ3n) is 3.57. The molecule has 1 heterocycles. The maximum Gasteiger partial charge on any atom is 0.0683 e. The Balaban J connectivity index is 2.11. The Bertz CT molecular complexity index is 244. The smallest absolute Gasteiger partial charge is 0.0683 e. The second-order valence-electron chi connectivity index (χ2n) is 5.85. The second-order valence-corrected chi connectivity index (χ2v) is 5.85. The molecule has 0 aliphatic carbocycles. The van der Waals surface area contributed by atoms with Crippen molar-refractivity contribution in [2.45, 2.75) is 46.1 Å². The molecule has 3 heteroatoms. The first-order valence-electron chi connectivity index (χ1n) is 6.34. The van der Waals surface area contributed by atoms with E-state index >= 15 is 0 Å². The zero-order chi connectivity index (χ0) is 12.2. The fraction of sp³-hybridized carbons (Fsp3) is 0.923. The Labute approximate surface area is 99.6 Å². The number of nitriles is 1. The topological polar surface area (TPSA) is 53.0 Å². The van der Waals surface area contributed by atoms with Crippen LogP contribution in [0.2, 0.25) is 0 Å². The molecular weight excluding hydrogens is 198 g/mol. The molecule has 1 aliphatic rings. The van der Waals surface area contributed by atoms with E-state index < -0.39 is 0 Å². The van der Waals surface area contributed by atoms with Crippen molar-refractivity contribution in [2.75, 3.05) is 19.6 Å². The Morgan fingerprint density at radius 2 is 2.06 bits per heavy atom. The van der Waals surface area contributed by atoms with Gasteiger partial charge in [-0.05, 0) is 39.2 Å². The number of hydrogen-bond donors (Lipinski definition) is 1. The third kappa shape index (κ3) is 4.11. The fourth-order valence-corrected chi connectivity index (χ4v) is 2.24. The van der Waals surface area contributed by atoms with Crippen LogP contribution in [0, 0.1) is 22.7 Å². The molecule has 1 saturated heterocycles. The highest BCUT2D eigenvalue weighted by Crippen LogP contribution is 2.22. The van der Waals surface area contributed by atoms with Crippen LogP contribution in [-0.4, -0.2) is 30.6 Å². The summed E-state index contributed by atoms with van der Waals surface area (Å²) in [6.45, 7) is 9.58. The van der Waals surface area contributed by atoms with Crippen molar-refractivity contribution in [2.24, 2.45) is 17.1 Å². The minimum absolute atomic E-state index is 0.158. The van der Waals surface area contributed by atoms with E-state index in [4.69, 9.17) is 11.0 Å². The molecule has 0 spiro atoms. The van der Waals surface area contributed by atoms with Crippen molar-refractivity contribution in [3.63, 3.8) is 0 Å². The van der Waals surface area contributed by atoms with Gasteiger partial charge in [-0.25, -0.2) is 0 Å². The lowest BCUT2D eigenvalue weighted by Crippen LogP contribution is -2.29. The number of nitrogens with two attached hydrogens (primary N) is 1. The SMILES string of the molecule is CC1CN(CCCCC(C)(C)C#N)CC1N. The highest BCUT2D eigenvalue weighted by Gasteiger charge is 2.25. The first-order valence-corrected chi connectivity index (χ1v) is 6.34. The van der Waals surface area contributed by atoms with Gasteiger partial charge in [-0.15, -0.1) is 0 Å². The summed E-state index contributed by atoms with van der Waals surface area (Å²) < 4.78 is 0. The highest BCUT2D eigenvalue weighted by atomic mass is 15.2. The quantitative estimate of drug-likeness (QED) is 0.725. The third-order valence-corrected chi connectivity index (χ3v) is 3.57. The van der Waals surface area contributed by atoms with Crippen molar-refractivity contribution >= 4 is 0 Å². The predicted molar refractivity (Wildman–Crippen MR) is 66.8 cm³/mol. The van der Waals surface area contributed by atoms with Gasteiger partial charge in [-0.2, -0.15) is 5.26 Å². The van der Waals surface area contributed by atoms with Gasteiger partial charge in [0.05, 0.1) is 11.5 Å². The number of unbranched alkanes of at least 4 members (excludes halogenated alkanes) is 1. The van der Waals surface area contributed by atoms with E-state index in [1.165, 1.54) is 6.42 Å². The summed E-state index contributed by atoms with van der Waals surface area (Å²) in [5.74, 6) is 0.635. The molecule has 1 rings (SSSR count). The van der Waals surface area contributed by atoms with E-state index in [1.54, 1.807) is 0 Å². The van der Waals surface area contributed by atoms with Crippen LogP contribution in [-0.2, 0) is 0 Å². The summed E-state index contributed by atoms with van der Waals surface area (Å²) in [5, 5.41) is 8.90. The van der Waals surface area contributed by atoms with Crippen molar-refractivity contribution in [3.8, 4) is 6.07 Å². The summed E-state index contributed by atoms with van der Waals surface area (Å²) in [4.78, 5) is 2.45. The van der Waals surface area contributed by atoms with Crippen LogP contribution < -0.4 is 5.73 Å². The van der Waals surface area contributed by atoms with Gasteiger partial charge < -0.3 is 10.6 Å². The first-order chi connectivity index (χ1) is 7.44. The molecule has 1 fully saturated rings. The summed E-state index contributed by atoms with van der Waals surface area (Å²) in [6.07, 6.45) is 3.32. The molecule has 1 aliphatic heterocycles. The minimum atomic E-state index is -0.158. The molecule has 16 heavy (non-hydrogen) atoms. The molecule has 3 nitrogen and oxygen atoms in total. The predicted octanol–water partition coefficient (Wildman–Crippen LogP) is 1.99. The zero-order valence-electron chi connectivity index (χ0n) is 10.9. The fourth-order valence-electron chi connectivity index (χ4n) is 2.24. The van der Waals surface area contributed by atoms with Crippen LogP contribution in [0.1, 0.15) is 40.0 Å². The van der Waals surface area contributed by atoms with Gasteiger partial charge in [-0.3, -0.25) is 0 Å². The van der Waals surface area contributed by atoms with Gasteiger partial charge in [-0.1, -0.05) is 13.3 Å². The lowest BCUT2D eigenvalue weighted by Gasteiger charge is -2.17. The summed E-state index contributed by atoms with van der Waals surface area (Å²) >= 11 is 0. The minimum Gasteiger partial charge on any atom is -0.326 e. The Morgan fingerprint density at radius 3 is 2.56 bits per heavy atom. The summed E-state index contributed by atoms with van der Waals surface area (Å²) in [5.41, 5.74) is 5.82. The monoisotopic (exact) mass is 223 g/mol. The van der Waals surface area contributed by atoms with E-state index in [0.717, 1.165) is 32.5 Å². The van der Waals surface area contributed by atoms with E-state index in [9.17, 15) is 0 Å². The van der Waals surface area contributed by atoms with Crippen LogP contribution in [0.4, 0.5) is 0 Å². The van der Waals surface area contributed by atoms with Gasteiger partial charge in [0.15, 0.2) is 0 Å². The molecule has 0 aromatic rings. The van der Waals surface area contributed by atoms with Crippen molar-refractivity contribution < 1.29 is 0 Å². The molecule has 0 amide bonds. The van der Waals surface area contributed by atoms with Crippen molar-refractivity contribution in [3.05, 3.63) is 0 Å². The lowest BCUT2D eigenvalue weighted by molar-refractivity contribution is 0.307. The standard InChI is InChI=1S/C13H25N3/c1-11-8-16(9-12(11)15)7-5-4-6-13(2,3)10-14/h11-12H,4-9,15H2,1-3H3. The van der Waals surface area contributed by atoms with Gasteiger partial charge in [0.1, 0.15) is 0 Å². The van der Waals surface area contributed by atoms with E-state index in [2.05, 4.69) is 17.9 Å². The molecule has 92 valence electrons. The second kappa shape index (κ2) is 5.65. The molecule has 2 N–H and O–H groups in total. The van der Waals surface area contributed by atoms with Crippen LogP contribution in [0.3, 0.4) is 0 Å². The number of nitrogens with zero attached hydrogens (tertiary/aromatic N) is 2. The van der Waals surface area contributed by atoms with E-state index in [1.807, 2.05) is 13.8 Å². The molecule has 0 saturated carbocycles. The van der Waals surface area contributed by atoms with Crippen LogP contribution >= 0.6 is 0 Å². The molecule has 0 radical (unpaired) electrons. The summed E-state index contributed by atoms with van der Waals surface area (Å²) in [7, 11) is 0. The Kier molecular flexibility index (Phi) is 4.76. The number of likely N-dealkylation sites (tertiary alicyclic amines) is 1. The molecule has 0 aromatic heterocycles. The number of rotatable bonds is 5. The molecule has 0 bridgehead atoms. The Morgan fingerprint density at radius 1 is 1.38 bits per heavy atom. The lowest BCUT2D eigenvalue weighted by atomic mass is 9.89. The molecule has 0 aromatic carbocycles. The average Bonchev–Trinajstić information content (AvgIpc) is 2.54. The molecular formula is C13H25N3.